The maximum absolute atomic E-state index is 11.9. The highest BCUT2D eigenvalue weighted by atomic mass is 16.2. The van der Waals surface area contributed by atoms with Crippen molar-refractivity contribution in [1.82, 2.24) is 15.8 Å². The molecule has 114 valence electrons. The maximum Gasteiger partial charge on any atom is 0.269 e. The minimum atomic E-state index is -0.321. The summed E-state index contributed by atoms with van der Waals surface area (Å²) in [5, 5.41) is 0. The highest BCUT2D eigenvalue weighted by Crippen LogP contribution is 2.21. The Kier molecular flexibility index (Phi) is 5.30. The van der Waals surface area contributed by atoms with Gasteiger partial charge in [0.25, 0.3) is 11.8 Å². The van der Waals surface area contributed by atoms with Gasteiger partial charge in [0.1, 0.15) is 0 Å². The van der Waals surface area contributed by atoms with Crippen LogP contribution in [0.5, 0.6) is 0 Å². The van der Waals surface area contributed by atoms with Gasteiger partial charge in [-0.2, -0.15) is 0 Å². The van der Waals surface area contributed by atoms with Crippen molar-refractivity contribution in [3.63, 3.8) is 0 Å². The molecule has 1 aliphatic rings. The average Bonchev–Trinajstić information content (AvgIpc) is 2.86. The van der Waals surface area contributed by atoms with Crippen LogP contribution in [0.4, 0.5) is 0 Å². The van der Waals surface area contributed by atoms with Crippen molar-refractivity contribution in [3.8, 4) is 0 Å². The first-order chi connectivity index (χ1) is 10.1. The maximum atomic E-state index is 11.9. The third kappa shape index (κ3) is 4.27. The number of amides is 2. The normalized spacial score (nSPS) is 22.0. The van der Waals surface area contributed by atoms with E-state index in [-0.39, 0.29) is 18.4 Å². The number of carbonyl (C=O) groups excluding carboxylic acids is 2. The zero-order valence-electron chi connectivity index (χ0n) is 12.2. The summed E-state index contributed by atoms with van der Waals surface area (Å²) in [4.78, 5) is 25.8. The molecule has 2 amide bonds. The Morgan fingerprint density at radius 3 is 2.62 bits per heavy atom. The Labute approximate surface area is 124 Å². The van der Waals surface area contributed by atoms with Gasteiger partial charge in [0, 0.05) is 18.2 Å². The van der Waals surface area contributed by atoms with Crippen LogP contribution in [0.25, 0.3) is 0 Å². The average molecular weight is 290 g/mol. The van der Waals surface area contributed by atoms with E-state index in [4.69, 9.17) is 5.73 Å². The van der Waals surface area contributed by atoms with Gasteiger partial charge in [-0.05, 0) is 37.9 Å². The number of rotatable bonds is 4. The fourth-order valence-corrected chi connectivity index (χ4v) is 2.62. The summed E-state index contributed by atoms with van der Waals surface area (Å²) in [6, 6.07) is 9.10. The molecule has 0 spiro atoms. The van der Waals surface area contributed by atoms with Crippen molar-refractivity contribution in [2.24, 2.45) is 11.7 Å². The van der Waals surface area contributed by atoms with Crippen molar-refractivity contribution in [2.75, 3.05) is 19.6 Å². The molecule has 0 radical (unpaired) electrons. The molecule has 2 atom stereocenters. The quantitative estimate of drug-likeness (QED) is 0.687. The summed E-state index contributed by atoms with van der Waals surface area (Å²) in [6.07, 6.45) is 1.01. The van der Waals surface area contributed by atoms with Crippen LogP contribution in [0.3, 0.4) is 0 Å². The van der Waals surface area contributed by atoms with Gasteiger partial charge in [-0.25, -0.2) is 0 Å². The monoisotopic (exact) mass is 290 g/mol. The largest absolute Gasteiger partial charge is 0.330 e. The van der Waals surface area contributed by atoms with Crippen molar-refractivity contribution in [2.45, 2.75) is 19.4 Å². The molecule has 1 heterocycles. The number of likely N-dealkylation sites (tertiary alicyclic amines) is 1. The molecule has 1 aromatic carbocycles. The predicted molar refractivity (Wildman–Crippen MR) is 80.2 cm³/mol. The van der Waals surface area contributed by atoms with Crippen LogP contribution in [-0.2, 0) is 4.79 Å². The standard InChI is InChI=1S/C15H22N4O2/c1-11-7-12(8-16)9-19(11)10-14(20)17-18-15(21)13-5-3-2-4-6-13/h2-6,11-12H,7-10,16H2,1H3,(H,17,20)(H,18,21). The zero-order valence-corrected chi connectivity index (χ0v) is 12.2. The van der Waals surface area contributed by atoms with Crippen LogP contribution in [0.1, 0.15) is 23.7 Å². The predicted octanol–water partition coefficient (Wildman–Crippen LogP) is 0.117. The first-order valence-corrected chi connectivity index (χ1v) is 7.18. The lowest BCUT2D eigenvalue weighted by Crippen LogP contribution is -2.47. The highest BCUT2D eigenvalue weighted by molar-refractivity contribution is 5.95. The lowest BCUT2D eigenvalue weighted by atomic mass is 10.1. The highest BCUT2D eigenvalue weighted by Gasteiger charge is 2.29. The van der Waals surface area contributed by atoms with Crippen LogP contribution < -0.4 is 16.6 Å². The number of hydrazine groups is 1. The Morgan fingerprint density at radius 1 is 1.29 bits per heavy atom. The second kappa shape index (κ2) is 7.19. The summed E-state index contributed by atoms with van der Waals surface area (Å²) in [5.74, 6) is -0.0891. The second-order valence-corrected chi connectivity index (χ2v) is 5.48. The number of hydrogen-bond acceptors (Lipinski definition) is 4. The molecule has 0 aromatic heterocycles. The molecule has 1 aliphatic heterocycles. The molecule has 1 fully saturated rings. The van der Waals surface area contributed by atoms with Gasteiger partial charge in [-0.1, -0.05) is 18.2 Å². The van der Waals surface area contributed by atoms with E-state index in [9.17, 15) is 9.59 Å². The molecule has 0 aliphatic carbocycles. The molecule has 21 heavy (non-hydrogen) atoms. The molecule has 1 saturated heterocycles. The lowest BCUT2D eigenvalue weighted by Gasteiger charge is -2.20. The Hall–Kier alpha value is -1.92. The molecule has 1 aromatic rings. The van der Waals surface area contributed by atoms with Crippen LogP contribution in [0.2, 0.25) is 0 Å². The van der Waals surface area contributed by atoms with Crippen molar-refractivity contribution in [1.29, 1.82) is 0 Å². The Balaban J connectivity index is 1.76. The van der Waals surface area contributed by atoms with E-state index < -0.39 is 0 Å². The van der Waals surface area contributed by atoms with Crippen molar-refractivity contribution in [3.05, 3.63) is 35.9 Å². The van der Waals surface area contributed by atoms with Crippen molar-refractivity contribution < 1.29 is 9.59 Å². The summed E-state index contributed by atoms with van der Waals surface area (Å²) < 4.78 is 0. The summed E-state index contributed by atoms with van der Waals surface area (Å²) in [6.45, 7) is 3.84. The molecule has 0 saturated carbocycles. The molecular weight excluding hydrogens is 268 g/mol. The van der Waals surface area contributed by atoms with Crippen LogP contribution in [0.15, 0.2) is 30.3 Å². The minimum absolute atomic E-state index is 0.219. The molecule has 6 heteroatoms. The number of nitrogens with two attached hydrogens (primary N) is 1. The van der Waals surface area contributed by atoms with Gasteiger partial charge >= 0.3 is 0 Å². The number of nitrogens with zero attached hydrogens (tertiary/aromatic N) is 1. The molecule has 4 N–H and O–H groups in total. The van der Waals surface area contributed by atoms with Crippen LogP contribution in [-0.4, -0.2) is 42.4 Å². The van der Waals surface area contributed by atoms with E-state index in [0.717, 1.165) is 13.0 Å². The smallest absolute Gasteiger partial charge is 0.269 e. The second-order valence-electron chi connectivity index (χ2n) is 5.48. The van der Waals surface area contributed by atoms with E-state index in [2.05, 4.69) is 22.7 Å². The Bertz CT molecular complexity index is 492. The SMILES string of the molecule is CC1CC(CN)CN1CC(=O)NNC(=O)c1ccccc1. The fourth-order valence-electron chi connectivity index (χ4n) is 2.62. The lowest BCUT2D eigenvalue weighted by molar-refractivity contribution is -0.123. The molecule has 2 rings (SSSR count). The molecule has 0 bridgehead atoms. The van der Waals surface area contributed by atoms with Gasteiger partial charge < -0.3 is 5.73 Å². The van der Waals surface area contributed by atoms with Crippen LogP contribution >= 0.6 is 0 Å². The van der Waals surface area contributed by atoms with Gasteiger partial charge in [-0.15, -0.1) is 0 Å². The summed E-state index contributed by atoms with van der Waals surface area (Å²) >= 11 is 0. The third-order valence-electron chi connectivity index (χ3n) is 3.82. The number of hydrogen-bond donors (Lipinski definition) is 3. The van der Waals surface area contributed by atoms with E-state index in [1.54, 1.807) is 24.3 Å². The summed E-state index contributed by atoms with van der Waals surface area (Å²) in [5.41, 5.74) is 11.1. The van der Waals surface area contributed by atoms with Crippen LogP contribution in [0, 0.1) is 5.92 Å². The topological polar surface area (TPSA) is 87.5 Å². The summed E-state index contributed by atoms with van der Waals surface area (Å²) in [7, 11) is 0. The first kappa shape index (κ1) is 15.5. The zero-order chi connectivity index (χ0) is 15.2. The van der Waals surface area contributed by atoms with Crippen molar-refractivity contribution >= 4 is 11.8 Å². The molecular formula is C15H22N4O2. The molecule has 6 nitrogen and oxygen atoms in total. The third-order valence-corrected chi connectivity index (χ3v) is 3.82. The van der Waals surface area contributed by atoms with Gasteiger partial charge in [0.05, 0.1) is 6.54 Å². The van der Waals surface area contributed by atoms with Gasteiger partial charge in [-0.3, -0.25) is 25.3 Å². The van der Waals surface area contributed by atoms with E-state index in [1.165, 1.54) is 0 Å². The number of nitrogens with one attached hydrogen (secondary N) is 2. The fraction of sp³-hybridized carbons (Fsp3) is 0.467. The number of benzene rings is 1. The van der Waals surface area contributed by atoms with E-state index in [1.807, 2.05) is 6.07 Å². The molecule has 2 unspecified atom stereocenters. The van der Waals surface area contributed by atoms with Gasteiger partial charge in [0.15, 0.2) is 0 Å². The Morgan fingerprint density at radius 2 is 2.00 bits per heavy atom. The van der Waals surface area contributed by atoms with E-state index >= 15 is 0 Å². The van der Waals surface area contributed by atoms with E-state index in [0.29, 0.717) is 24.1 Å². The minimum Gasteiger partial charge on any atom is -0.330 e. The first-order valence-electron chi connectivity index (χ1n) is 7.18. The number of carbonyl (C=O) groups is 2. The van der Waals surface area contributed by atoms with Gasteiger partial charge in [0.2, 0.25) is 0 Å².